The molecule has 0 aliphatic heterocycles. The number of carbonyl (C=O) groups is 2. The Morgan fingerprint density at radius 1 is 0.531 bits per heavy atom. The molecule has 0 heterocycles. The second-order valence-electron chi connectivity index (χ2n) is 9.78. The van der Waals surface area contributed by atoms with E-state index in [1.165, 1.54) is 83.5 Å². The lowest BCUT2D eigenvalue weighted by Gasteiger charge is -2.07. The van der Waals surface area contributed by atoms with Gasteiger partial charge in [-0.2, -0.15) is 0 Å². The second-order valence-corrected chi connectivity index (χ2v) is 9.78. The van der Waals surface area contributed by atoms with E-state index in [9.17, 15) is 9.59 Å². The fraction of sp³-hybridized carbons (Fsp3) is 0.929. The summed E-state index contributed by atoms with van der Waals surface area (Å²) >= 11 is 0. The highest BCUT2D eigenvalue weighted by Gasteiger charge is 2.06. The van der Waals surface area contributed by atoms with Gasteiger partial charge in [0.2, 0.25) is 0 Å². The third kappa shape index (κ3) is 25.2. The fourth-order valence-electron chi connectivity index (χ4n) is 3.75. The molecule has 0 aliphatic rings. The summed E-state index contributed by atoms with van der Waals surface area (Å²) in [5.74, 6) is 0.252. The fourth-order valence-corrected chi connectivity index (χ4v) is 3.75. The molecule has 0 aliphatic carbocycles. The number of unbranched alkanes of at least 4 members (excludes halogenated alkanes) is 15. The molecule has 0 aromatic heterocycles. The molecule has 0 spiro atoms. The Balaban J connectivity index is 3.24. The number of carbonyl (C=O) groups excluding carboxylic acids is 2. The first-order valence-electron chi connectivity index (χ1n) is 13.9. The van der Waals surface area contributed by atoms with Gasteiger partial charge < -0.3 is 9.47 Å². The molecule has 0 bridgehead atoms. The van der Waals surface area contributed by atoms with E-state index in [1.54, 1.807) is 0 Å². The topological polar surface area (TPSA) is 52.6 Å². The van der Waals surface area contributed by atoms with Gasteiger partial charge in [-0.15, -0.1) is 0 Å². The molecule has 0 unspecified atom stereocenters. The molecule has 0 amide bonds. The molecule has 0 N–H and O–H groups in total. The van der Waals surface area contributed by atoms with Crippen molar-refractivity contribution in [3.8, 4) is 0 Å². The zero-order chi connectivity index (χ0) is 23.7. The Morgan fingerprint density at radius 3 is 1.31 bits per heavy atom. The van der Waals surface area contributed by atoms with Gasteiger partial charge in [0.1, 0.15) is 0 Å². The molecule has 4 heteroatoms. The third-order valence-electron chi connectivity index (χ3n) is 5.98. The average molecular weight is 455 g/mol. The van der Waals surface area contributed by atoms with E-state index in [4.69, 9.17) is 9.47 Å². The zero-order valence-electron chi connectivity index (χ0n) is 21.8. The van der Waals surface area contributed by atoms with Gasteiger partial charge in [0.15, 0.2) is 0 Å². The summed E-state index contributed by atoms with van der Waals surface area (Å²) in [4.78, 5) is 23.3. The van der Waals surface area contributed by atoms with Crippen molar-refractivity contribution in [2.24, 2.45) is 5.92 Å². The number of ether oxygens (including phenoxy) is 2. The van der Waals surface area contributed by atoms with E-state index >= 15 is 0 Å². The van der Waals surface area contributed by atoms with Crippen molar-refractivity contribution in [3.05, 3.63) is 0 Å². The predicted octanol–water partition coefficient (Wildman–Crippen LogP) is 8.55. The highest BCUT2D eigenvalue weighted by atomic mass is 16.5. The standard InChI is InChI=1S/C28H54O4/c1-4-5-6-7-8-9-10-11-12-13-14-15-16-17-20-24-31-27(29)21-18-19-22-28(30)32-25-23-26(2)3/h26H,4-25H2,1-3H3. The van der Waals surface area contributed by atoms with Gasteiger partial charge in [-0.3, -0.25) is 9.59 Å². The van der Waals surface area contributed by atoms with Gasteiger partial charge in [-0.25, -0.2) is 0 Å². The van der Waals surface area contributed by atoms with Crippen LogP contribution in [0.3, 0.4) is 0 Å². The van der Waals surface area contributed by atoms with Gasteiger partial charge in [-0.1, -0.05) is 111 Å². The first kappa shape index (κ1) is 30.9. The van der Waals surface area contributed by atoms with Crippen LogP contribution in [0, 0.1) is 5.92 Å². The normalized spacial score (nSPS) is 11.1. The smallest absolute Gasteiger partial charge is 0.305 e. The van der Waals surface area contributed by atoms with E-state index in [0.717, 1.165) is 19.3 Å². The van der Waals surface area contributed by atoms with Crippen LogP contribution in [0.1, 0.15) is 149 Å². The van der Waals surface area contributed by atoms with Gasteiger partial charge in [0.05, 0.1) is 13.2 Å². The average Bonchev–Trinajstić information content (AvgIpc) is 2.76. The molecule has 0 saturated heterocycles. The van der Waals surface area contributed by atoms with Crippen molar-refractivity contribution in [2.45, 2.75) is 149 Å². The number of esters is 2. The van der Waals surface area contributed by atoms with Crippen LogP contribution >= 0.6 is 0 Å². The maximum absolute atomic E-state index is 11.7. The number of hydrogen-bond donors (Lipinski definition) is 0. The van der Waals surface area contributed by atoms with Crippen LogP contribution in [0.25, 0.3) is 0 Å². The third-order valence-corrected chi connectivity index (χ3v) is 5.98. The van der Waals surface area contributed by atoms with Crippen molar-refractivity contribution in [1.82, 2.24) is 0 Å². The van der Waals surface area contributed by atoms with E-state index in [-0.39, 0.29) is 11.9 Å². The van der Waals surface area contributed by atoms with Crippen LogP contribution in [-0.4, -0.2) is 25.2 Å². The minimum atomic E-state index is -0.156. The summed E-state index contributed by atoms with van der Waals surface area (Å²) in [6, 6.07) is 0. The lowest BCUT2D eigenvalue weighted by molar-refractivity contribution is -0.146. The molecule has 0 fully saturated rings. The predicted molar refractivity (Wildman–Crippen MR) is 135 cm³/mol. The number of hydrogen-bond acceptors (Lipinski definition) is 4. The van der Waals surface area contributed by atoms with Crippen LogP contribution in [0.2, 0.25) is 0 Å². The van der Waals surface area contributed by atoms with Crippen molar-refractivity contribution in [2.75, 3.05) is 13.2 Å². The highest BCUT2D eigenvalue weighted by molar-refractivity contribution is 5.70. The zero-order valence-corrected chi connectivity index (χ0v) is 21.8. The monoisotopic (exact) mass is 454 g/mol. The summed E-state index contributed by atoms with van der Waals surface area (Å²) in [6.45, 7) is 7.53. The maximum Gasteiger partial charge on any atom is 0.305 e. The lowest BCUT2D eigenvalue weighted by atomic mass is 10.0. The van der Waals surface area contributed by atoms with Crippen LogP contribution in [0.4, 0.5) is 0 Å². The summed E-state index contributed by atoms with van der Waals surface area (Å²) in [5.41, 5.74) is 0. The molecule has 4 nitrogen and oxygen atoms in total. The largest absolute Gasteiger partial charge is 0.466 e. The van der Waals surface area contributed by atoms with E-state index in [0.29, 0.717) is 44.8 Å². The van der Waals surface area contributed by atoms with Crippen molar-refractivity contribution in [1.29, 1.82) is 0 Å². The summed E-state index contributed by atoms with van der Waals surface area (Å²) < 4.78 is 10.5. The Bertz CT molecular complexity index is 420. The Kier molecular flexibility index (Phi) is 23.8. The molecular weight excluding hydrogens is 400 g/mol. The van der Waals surface area contributed by atoms with E-state index in [1.807, 2.05) is 0 Å². The summed E-state index contributed by atoms with van der Waals surface area (Å²) in [5, 5.41) is 0. The van der Waals surface area contributed by atoms with Crippen molar-refractivity contribution in [3.63, 3.8) is 0 Å². The second kappa shape index (κ2) is 24.6. The molecule has 0 saturated carbocycles. The van der Waals surface area contributed by atoms with E-state index in [2.05, 4.69) is 20.8 Å². The number of rotatable bonds is 24. The highest BCUT2D eigenvalue weighted by Crippen LogP contribution is 2.13. The minimum absolute atomic E-state index is 0.136. The van der Waals surface area contributed by atoms with Gasteiger partial charge in [-0.05, 0) is 31.6 Å². The summed E-state index contributed by atoms with van der Waals surface area (Å²) in [6.07, 6.45) is 23.1. The van der Waals surface area contributed by atoms with E-state index < -0.39 is 0 Å². The van der Waals surface area contributed by atoms with Crippen molar-refractivity contribution >= 4 is 11.9 Å². The molecule has 0 radical (unpaired) electrons. The Labute approximate surface area is 199 Å². The molecule has 0 aromatic rings. The van der Waals surface area contributed by atoms with Crippen LogP contribution in [0.5, 0.6) is 0 Å². The van der Waals surface area contributed by atoms with Gasteiger partial charge in [0.25, 0.3) is 0 Å². The maximum atomic E-state index is 11.7. The first-order chi connectivity index (χ1) is 15.6. The lowest BCUT2D eigenvalue weighted by Crippen LogP contribution is -2.08. The molecule has 0 rings (SSSR count). The van der Waals surface area contributed by atoms with Gasteiger partial charge >= 0.3 is 11.9 Å². The quantitative estimate of drug-likeness (QED) is 0.108. The molecule has 0 aromatic carbocycles. The SMILES string of the molecule is CCCCCCCCCCCCCCCCCOC(=O)CCCCC(=O)OCCC(C)C. The van der Waals surface area contributed by atoms with Crippen LogP contribution < -0.4 is 0 Å². The molecule has 190 valence electrons. The van der Waals surface area contributed by atoms with Gasteiger partial charge in [0, 0.05) is 12.8 Å². The van der Waals surface area contributed by atoms with Crippen molar-refractivity contribution < 1.29 is 19.1 Å². The van der Waals surface area contributed by atoms with Crippen LogP contribution in [-0.2, 0) is 19.1 Å². The minimum Gasteiger partial charge on any atom is -0.466 e. The Morgan fingerprint density at radius 2 is 0.906 bits per heavy atom. The summed E-state index contributed by atoms with van der Waals surface area (Å²) in [7, 11) is 0. The molecular formula is C28H54O4. The Hall–Kier alpha value is -1.06. The molecule has 0 atom stereocenters. The molecule has 32 heavy (non-hydrogen) atoms. The van der Waals surface area contributed by atoms with Crippen LogP contribution in [0.15, 0.2) is 0 Å². The first-order valence-corrected chi connectivity index (χ1v) is 13.9.